The summed E-state index contributed by atoms with van der Waals surface area (Å²) in [5, 5.41) is 0. The van der Waals surface area contributed by atoms with E-state index in [4.69, 9.17) is 5.73 Å². The first-order valence-electron chi connectivity index (χ1n) is 3.74. The average Bonchev–Trinajstić information content (AvgIpc) is 2.09. The molecule has 0 aromatic heterocycles. The first kappa shape index (κ1) is 8.76. The Bertz CT molecular complexity index is 309. The second-order valence-corrected chi connectivity index (χ2v) is 2.33. The Hall–Kier alpha value is -1.33. The third-order valence-corrected chi connectivity index (χ3v) is 1.46. The molecule has 0 amide bonds. The van der Waals surface area contributed by atoms with Crippen molar-refractivity contribution in [2.45, 2.75) is 6.42 Å². The van der Waals surface area contributed by atoms with Crippen LogP contribution in [0.2, 0.25) is 0 Å². The monoisotopic (exact) mass is 163 g/mol. The summed E-state index contributed by atoms with van der Waals surface area (Å²) < 4.78 is 12.9. The number of hydrogen-bond donors (Lipinski definition) is 1. The maximum Gasteiger partial charge on any atom is 0.127 e. The normalized spacial score (nSPS) is 8.83. The highest BCUT2D eigenvalue weighted by molar-refractivity contribution is 5.22. The maximum absolute atomic E-state index is 12.9. The van der Waals surface area contributed by atoms with Gasteiger partial charge in [-0.1, -0.05) is 30.0 Å². The molecule has 2 heteroatoms. The first-order chi connectivity index (χ1) is 5.84. The molecule has 0 unspecified atom stereocenters. The van der Waals surface area contributed by atoms with Crippen LogP contribution >= 0.6 is 0 Å². The maximum atomic E-state index is 12.9. The fourth-order valence-electron chi connectivity index (χ4n) is 0.872. The molecule has 1 aromatic rings. The molecule has 0 saturated heterocycles. The molecule has 0 aliphatic carbocycles. The lowest BCUT2D eigenvalue weighted by molar-refractivity contribution is 0.615. The SMILES string of the molecule is NCC#CCc1ccccc1F. The van der Waals surface area contributed by atoms with Gasteiger partial charge in [-0.3, -0.25) is 0 Å². The van der Waals surface area contributed by atoms with Crippen LogP contribution in [0.25, 0.3) is 0 Å². The number of rotatable bonds is 1. The summed E-state index contributed by atoms with van der Waals surface area (Å²) >= 11 is 0. The van der Waals surface area contributed by atoms with Crippen molar-refractivity contribution in [3.05, 3.63) is 35.6 Å². The predicted octanol–water partition coefficient (Wildman–Crippen LogP) is 1.33. The molecule has 1 aromatic carbocycles. The molecule has 0 aliphatic rings. The van der Waals surface area contributed by atoms with Crippen LogP contribution in [0.4, 0.5) is 4.39 Å². The van der Waals surface area contributed by atoms with E-state index in [1.807, 2.05) is 0 Å². The topological polar surface area (TPSA) is 26.0 Å². The summed E-state index contributed by atoms with van der Waals surface area (Å²) in [5.74, 6) is 5.26. The van der Waals surface area contributed by atoms with Gasteiger partial charge in [0.2, 0.25) is 0 Å². The van der Waals surface area contributed by atoms with E-state index in [-0.39, 0.29) is 5.82 Å². The van der Waals surface area contributed by atoms with E-state index in [2.05, 4.69) is 11.8 Å². The van der Waals surface area contributed by atoms with Gasteiger partial charge in [0.05, 0.1) is 6.54 Å². The highest BCUT2D eigenvalue weighted by atomic mass is 19.1. The van der Waals surface area contributed by atoms with E-state index in [1.54, 1.807) is 18.2 Å². The minimum atomic E-state index is -0.205. The zero-order valence-electron chi connectivity index (χ0n) is 6.68. The summed E-state index contributed by atoms with van der Waals surface area (Å²) in [7, 11) is 0. The van der Waals surface area contributed by atoms with Gasteiger partial charge in [-0.05, 0) is 11.6 Å². The molecule has 0 atom stereocenters. The fourth-order valence-corrected chi connectivity index (χ4v) is 0.872. The van der Waals surface area contributed by atoms with E-state index in [0.29, 0.717) is 18.5 Å². The van der Waals surface area contributed by atoms with Crippen molar-refractivity contribution >= 4 is 0 Å². The van der Waals surface area contributed by atoms with Gasteiger partial charge >= 0.3 is 0 Å². The molecule has 0 saturated carbocycles. The molecule has 2 N–H and O–H groups in total. The van der Waals surface area contributed by atoms with Crippen molar-refractivity contribution in [2.75, 3.05) is 6.54 Å². The summed E-state index contributed by atoms with van der Waals surface area (Å²) in [4.78, 5) is 0. The van der Waals surface area contributed by atoms with Crippen molar-refractivity contribution in [2.24, 2.45) is 5.73 Å². The van der Waals surface area contributed by atoms with E-state index in [0.717, 1.165) is 0 Å². The lowest BCUT2D eigenvalue weighted by Crippen LogP contribution is -1.94. The number of nitrogens with two attached hydrogens (primary N) is 1. The molecular formula is C10H10FN. The Morgan fingerprint density at radius 3 is 2.67 bits per heavy atom. The molecule has 0 spiro atoms. The smallest absolute Gasteiger partial charge is 0.127 e. The van der Waals surface area contributed by atoms with Crippen LogP contribution in [0.5, 0.6) is 0 Å². The van der Waals surface area contributed by atoms with Crippen molar-refractivity contribution in [3.8, 4) is 11.8 Å². The van der Waals surface area contributed by atoms with Gasteiger partial charge in [0.1, 0.15) is 5.82 Å². The third-order valence-electron chi connectivity index (χ3n) is 1.46. The lowest BCUT2D eigenvalue weighted by Gasteiger charge is -1.95. The summed E-state index contributed by atoms with van der Waals surface area (Å²) in [6.45, 7) is 0.328. The highest BCUT2D eigenvalue weighted by Crippen LogP contribution is 2.05. The van der Waals surface area contributed by atoms with Gasteiger partial charge in [0, 0.05) is 6.42 Å². The second-order valence-electron chi connectivity index (χ2n) is 2.33. The molecule has 0 bridgehead atoms. The van der Waals surface area contributed by atoms with Gasteiger partial charge in [0.15, 0.2) is 0 Å². The quantitative estimate of drug-likeness (QED) is 0.621. The Kier molecular flexibility index (Phi) is 3.31. The van der Waals surface area contributed by atoms with Crippen LogP contribution in [0, 0.1) is 17.7 Å². The molecule has 1 rings (SSSR count). The molecule has 0 fully saturated rings. The van der Waals surface area contributed by atoms with Crippen molar-refractivity contribution < 1.29 is 4.39 Å². The summed E-state index contributed by atoms with van der Waals surface area (Å²) in [5.41, 5.74) is 5.79. The first-order valence-corrected chi connectivity index (χ1v) is 3.74. The van der Waals surface area contributed by atoms with Gasteiger partial charge < -0.3 is 5.73 Å². The van der Waals surface area contributed by atoms with Crippen molar-refractivity contribution in [1.82, 2.24) is 0 Å². The number of benzene rings is 1. The zero-order valence-corrected chi connectivity index (χ0v) is 6.68. The Balaban J connectivity index is 2.69. The summed E-state index contributed by atoms with van der Waals surface area (Å²) in [6, 6.07) is 6.61. The zero-order chi connectivity index (χ0) is 8.81. The second kappa shape index (κ2) is 4.53. The Labute approximate surface area is 71.4 Å². The predicted molar refractivity (Wildman–Crippen MR) is 46.9 cm³/mol. The van der Waals surface area contributed by atoms with Crippen molar-refractivity contribution in [3.63, 3.8) is 0 Å². The Morgan fingerprint density at radius 2 is 2.00 bits per heavy atom. The Morgan fingerprint density at radius 1 is 1.25 bits per heavy atom. The lowest BCUT2D eigenvalue weighted by atomic mass is 10.1. The molecule has 62 valence electrons. The number of hydrogen-bond acceptors (Lipinski definition) is 1. The van der Waals surface area contributed by atoms with Crippen LogP contribution in [0.3, 0.4) is 0 Å². The van der Waals surface area contributed by atoms with Gasteiger partial charge in [-0.25, -0.2) is 4.39 Å². The molecule has 12 heavy (non-hydrogen) atoms. The van der Waals surface area contributed by atoms with E-state index in [1.165, 1.54) is 6.07 Å². The molecule has 0 aliphatic heterocycles. The highest BCUT2D eigenvalue weighted by Gasteiger charge is 1.95. The third kappa shape index (κ3) is 2.37. The van der Waals surface area contributed by atoms with Gasteiger partial charge in [0.25, 0.3) is 0 Å². The average molecular weight is 163 g/mol. The van der Waals surface area contributed by atoms with Crippen molar-refractivity contribution in [1.29, 1.82) is 0 Å². The van der Waals surface area contributed by atoms with Gasteiger partial charge in [-0.2, -0.15) is 0 Å². The van der Waals surface area contributed by atoms with E-state index < -0.39 is 0 Å². The van der Waals surface area contributed by atoms with Crippen LogP contribution < -0.4 is 5.73 Å². The van der Waals surface area contributed by atoms with Crippen LogP contribution in [-0.2, 0) is 6.42 Å². The van der Waals surface area contributed by atoms with Crippen LogP contribution in [0.1, 0.15) is 5.56 Å². The van der Waals surface area contributed by atoms with E-state index >= 15 is 0 Å². The standard InChI is InChI=1S/C10H10FN/c11-10-7-2-1-5-9(10)6-3-4-8-12/h1-2,5,7H,6,8,12H2. The van der Waals surface area contributed by atoms with Crippen LogP contribution in [0.15, 0.2) is 24.3 Å². The molecule has 0 radical (unpaired) electrons. The minimum Gasteiger partial charge on any atom is -0.320 e. The largest absolute Gasteiger partial charge is 0.320 e. The van der Waals surface area contributed by atoms with Gasteiger partial charge in [-0.15, -0.1) is 0 Å². The number of halogens is 1. The van der Waals surface area contributed by atoms with Crippen LogP contribution in [-0.4, -0.2) is 6.54 Å². The molecule has 0 heterocycles. The minimum absolute atomic E-state index is 0.205. The molecule has 1 nitrogen and oxygen atoms in total. The fraction of sp³-hybridized carbons (Fsp3) is 0.200. The molecular weight excluding hydrogens is 153 g/mol. The summed E-state index contributed by atoms with van der Waals surface area (Å²) in [6.07, 6.45) is 0.434. The van der Waals surface area contributed by atoms with E-state index in [9.17, 15) is 4.39 Å².